The second-order valence-electron chi connectivity index (χ2n) is 6.22. The monoisotopic (exact) mass is 323 g/mol. The summed E-state index contributed by atoms with van der Waals surface area (Å²) in [4.78, 5) is 18.5. The van der Waals surface area contributed by atoms with Crippen molar-refractivity contribution in [2.75, 3.05) is 6.54 Å². The van der Waals surface area contributed by atoms with E-state index < -0.39 is 0 Å². The molecule has 1 aromatic carbocycles. The Bertz CT molecular complexity index is 947. The van der Waals surface area contributed by atoms with E-state index in [0.717, 1.165) is 28.7 Å². The maximum Gasteiger partial charge on any atom is 0.220 e. The number of hydrogen-bond donors (Lipinski definition) is 0. The molecule has 1 amide bonds. The fraction of sp³-hybridized carbons (Fsp3) is 0.263. The molecule has 1 unspecified atom stereocenters. The van der Waals surface area contributed by atoms with Gasteiger partial charge in [0.1, 0.15) is 11.5 Å². The summed E-state index contributed by atoms with van der Waals surface area (Å²) in [6, 6.07) is 10.2. The predicted molar refractivity (Wildman–Crippen MR) is 90.0 cm³/mol. The third-order valence-corrected chi connectivity index (χ3v) is 4.84. The van der Waals surface area contributed by atoms with Gasteiger partial charge in [0, 0.05) is 32.1 Å². The first-order valence-electron chi connectivity index (χ1n) is 8.02. The summed E-state index contributed by atoms with van der Waals surface area (Å²) in [5.74, 6) is -0.298. The molecule has 0 spiro atoms. The number of halogens is 1. The van der Waals surface area contributed by atoms with Gasteiger partial charge in [-0.2, -0.15) is 0 Å². The quantitative estimate of drug-likeness (QED) is 0.690. The minimum Gasteiger partial charge on any atom is -0.330 e. The Hall–Kier alpha value is -2.69. The summed E-state index contributed by atoms with van der Waals surface area (Å²) in [5, 5.41) is 1.11. The van der Waals surface area contributed by atoms with E-state index in [4.69, 9.17) is 0 Å². The van der Waals surface area contributed by atoms with Gasteiger partial charge in [0.2, 0.25) is 5.91 Å². The van der Waals surface area contributed by atoms with E-state index in [1.165, 1.54) is 17.7 Å². The van der Waals surface area contributed by atoms with Gasteiger partial charge >= 0.3 is 0 Å². The molecule has 2 aromatic heterocycles. The van der Waals surface area contributed by atoms with Crippen LogP contribution in [0.4, 0.5) is 4.39 Å². The molecule has 3 aromatic rings. The molecule has 0 saturated heterocycles. The van der Waals surface area contributed by atoms with Crippen LogP contribution < -0.4 is 0 Å². The molecule has 0 bridgehead atoms. The van der Waals surface area contributed by atoms with Crippen molar-refractivity contribution in [2.45, 2.75) is 19.4 Å². The van der Waals surface area contributed by atoms with Crippen molar-refractivity contribution < 1.29 is 9.18 Å². The van der Waals surface area contributed by atoms with Crippen LogP contribution in [0.25, 0.3) is 11.0 Å². The number of nitrogens with zero attached hydrogens (tertiary/aromatic N) is 3. The molecule has 1 aliphatic rings. The first-order chi connectivity index (χ1) is 11.6. The summed E-state index contributed by atoms with van der Waals surface area (Å²) in [6.07, 6.45) is 2.55. The van der Waals surface area contributed by atoms with E-state index in [9.17, 15) is 9.18 Å². The number of amides is 1. The fourth-order valence-corrected chi connectivity index (χ4v) is 3.83. The minimum atomic E-state index is -0.292. The first-order valence-corrected chi connectivity index (χ1v) is 8.02. The molecule has 0 fully saturated rings. The van der Waals surface area contributed by atoms with Gasteiger partial charge in [0.25, 0.3) is 0 Å². The SMILES string of the molecule is CC(=O)N1CCc2c(n(C)c3ncccc23)C1c1cccc(F)c1. The lowest BCUT2D eigenvalue weighted by Crippen LogP contribution is -2.40. The van der Waals surface area contributed by atoms with Gasteiger partial charge in [-0.15, -0.1) is 0 Å². The molecule has 5 heteroatoms. The zero-order valence-corrected chi connectivity index (χ0v) is 13.7. The molecule has 3 heterocycles. The lowest BCUT2D eigenvalue weighted by atomic mass is 9.92. The molecular weight excluding hydrogens is 305 g/mol. The molecule has 4 nitrogen and oxygen atoms in total. The highest BCUT2D eigenvalue weighted by molar-refractivity contribution is 5.84. The third kappa shape index (κ3) is 2.12. The van der Waals surface area contributed by atoms with Crippen LogP contribution in [0.3, 0.4) is 0 Å². The number of fused-ring (bicyclic) bond motifs is 3. The summed E-state index contributed by atoms with van der Waals surface area (Å²) in [7, 11) is 1.96. The van der Waals surface area contributed by atoms with Crippen molar-refractivity contribution in [2.24, 2.45) is 7.05 Å². The predicted octanol–water partition coefficient (Wildman–Crippen LogP) is 3.21. The second-order valence-corrected chi connectivity index (χ2v) is 6.22. The molecule has 0 radical (unpaired) electrons. The Kier molecular flexibility index (Phi) is 3.37. The fourth-order valence-electron chi connectivity index (χ4n) is 3.83. The average Bonchev–Trinajstić information content (AvgIpc) is 2.87. The topological polar surface area (TPSA) is 38.1 Å². The van der Waals surface area contributed by atoms with Gasteiger partial charge in [0.15, 0.2) is 0 Å². The molecule has 1 aliphatic heterocycles. The number of rotatable bonds is 1. The highest BCUT2D eigenvalue weighted by atomic mass is 19.1. The van der Waals surface area contributed by atoms with E-state index in [0.29, 0.717) is 6.54 Å². The molecule has 0 saturated carbocycles. The lowest BCUT2D eigenvalue weighted by molar-refractivity contribution is -0.131. The normalized spacial score (nSPS) is 17.1. The van der Waals surface area contributed by atoms with Crippen LogP contribution in [0.15, 0.2) is 42.6 Å². The van der Waals surface area contributed by atoms with E-state index in [1.807, 2.05) is 28.6 Å². The van der Waals surface area contributed by atoms with Gasteiger partial charge in [0.05, 0.1) is 11.7 Å². The van der Waals surface area contributed by atoms with Crippen molar-refractivity contribution in [1.82, 2.24) is 14.5 Å². The van der Waals surface area contributed by atoms with E-state index in [2.05, 4.69) is 11.1 Å². The molecule has 1 atom stereocenters. The number of benzene rings is 1. The van der Waals surface area contributed by atoms with Crippen LogP contribution in [0.2, 0.25) is 0 Å². The van der Waals surface area contributed by atoms with E-state index >= 15 is 0 Å². The maximum absolute atomic E-state index is 13.8. The van der Waals surface area contributed by atoms with Crippen molar-refractivity contribution in [3.8, 4) is 0 Å². The Balaban J connectivity index is 2.00. The summed E-state index contributed by atoms with van der Waals surface area (Å²) >= 11 is 0. The highest BCUT2D eigenvalue weighted by Crippen LogP contribution is 2.39. The maximum atomic E-state index is 13.8. The van der Waals surface area contributed by atoms with Crippen molar-refractivity contribution in [1.29, 1.82) is 0 Å². The Morgan fingerprint density at radius 2 is 2.12 bits per heavy atom. The smallest absolute Gasteiger partial charge is 0.220 e. The van der Waals surface area contributed by atoms with Gasteiger partial charge in [-0.05, 0) is 41.8 Å². The van der Waals surface area contributed by atoms with Crippen LogP contribution >= 0.6 is 0 Å². The summed E-state index contributed by atoms with van der Waals surface area (Å²) in [5.41, 5.74) is 3.91. The van der Waals surface area contributed by atoms with Gasteiger partial charge in [-0.1, -0.05) is 12.1 Å². The molecular formula is C19H18FN3O. The van der Waals surface area contributed by atoms with Crippen molar-refractivity contribution in [3.63, 3.8) is 0 Å². The molecule has 122 valence electrons. The molecule has 24 heavy (non-hydrogen) atoms. The Morgan fingerprint density at radius 1 is 1.29 bits per heavy atom. The van der Waals surface area contributed by atoms with Gasteiger partial charge in [-0.25, -0.2) is 9.37 Å². The van der Waals surface area contributed by atoms with Crippen LogP contribution in [0.1, 0.15) is 29.8 Å². The molecule has 0 aliphatic carbocycles. The molecule has 0 N–H and O–H groups in total. The zero-order chi connectivity index (χ0) is 16.8. The second kappa shape index (κ2) is 5.44. The highest BCUT2D eigenvalue weighted by Gasteiger charge is 2.34. The van der Waals surface area contributed by atoms with Crippen molar-refractivity contribution >= 4 is 16.9 Å². The summed E-state index contributed by atoms with van der Waals surface area (Å²) in [6.45, 7) is 2.19. The van der Waals surface area contributed by atoms with E-state index in [-0.39, 0.29) is 17.8 Å². The third-order valence-electron chi connectivity index (χ3n) is 4.84. The van der Waals surface area contributed by atoms with Crippen LogP contribution in [-0.2, 0) is 18.3 Å². The van der Waals surface area contributed by atoms with E-state index in [1.54, 1.807) is 19.2 Å². The zero-order valence-electron chi connectivity index (χ0n) is 13.7. The summed E-state index contributed by atoms with van der Waals surface area (Å²) < 4.78 is 15.8. The first kappa shape index (κ1) is 14.9. The number of aryl methyl sites for hydroxylation is 1. The van der Waals surface area contributed by atoms with Gasteiger partial charge < -0.3 is 9.47 Å². The van der Waals surface area contributed by atoms with Crippen LogP contribution in [0, 0.1) is 5.82 Å². The van der Waals surface area contributed by atoms with Crippen LogP contribution in [-0.4, -0.2) is 26.9 Å². The average molecular weight is 323 g/mol. The number of hydrogen-bond acceptors (Lipinski definition) is 2. The molecule has 4 rings (SSSR count). The minimum absolute atomic E-state index is 0.00636. The lowest BCUT2D eigenvalue weighted by Gasteiger charge is -2.36. The Morgan fingerprint density at radius 3 is 2.88 bits per heavy atom. The number of carbonyl (C=O) groups is 1. The standard InChI is InChI=1S/C19H18FN3O/c1-12(24)23-10-8-15-16-7-4-9-21-19(16)22(2)18(15)17(23)13-5-3-6-14(20)11-13/h3-7,9,11,17H,8,10H2,1-2H3. The number of carbonyl (C=O) groups excluding carboxylic acids is 1. The largest absolute Gasteiger partial charge is 0.330 e. The van der Waals surface area contributed by atoms with Crippen molar-refractivity contribution in [3.05, 3.63) is 65.2 Å². The number of pyridine rings is 1. The van der Waals surface area contributed by atoms with Crippen LogP contribution in [0.5, 0.6) is 0 Å². The Labute approximate surface area is 139 Å². The number of aromatic nitrogens is 2. The van der Waals surface area contributed by atoms with Gasteiger partial charge in [-0.3, -0.25) is 4.79 Å².